The van der Waals surface area contributed by atoms with Gasteiger partial charge in [-0.1, -0.05) is 0 Å². The van der Waals surface area contributed by atoms with Crippen LogP contribution in [0.4, 0.5) is 0 Å². The lowest BCUT2D eigenvalue weighted by Crippen LogP contribution is -2.39. The number of nitriles is 1. The fraction of sp³-hybridized carbons (Fsp3) is 0.889. The second-order valence-electron chi connectivity index (χ2n) is 4.22. The Hall–Kier alpha value is -0.590. The van der Waals surface area contributed by atoms with Gasteiger partial charge in [0.2, 0.25) is 0 Å². The molecule has 2 rings (SSSR count). The molecule has 2 saturated carbocycles. The molecule has 0 heterocycles. The van der Waals surface area contributed by atoms with Gasteiger partial charge in [0.05, 0.1) is 11.7 Å². The molecule has 2 aliphatic rings. The Kier molecular flexibility index (Phi) is 1.48. The summed E-state index contributed by atoms with van der Waals surface area (Å²) < 4.78 is 0. The van der Waals surface area contributed by atoms with Crippen LogP contribution in [0.5, 0.6) is 0 Å². The standard InChI is InChI=1S/C9H14N2O/c1-11(7-9(12)4-5-9)8(6-10)2-3-8/h12H,2-5,7H2,1H3. The van der Waals surface area contributed by atoms with Crippen LogP contribution in [-0.4, -0.2) is 34.7 Å². The molecule has 1 N–H and O–H groups in total. The monoisotopic (exact) mass is 166 g/mol. The third-order valence-corrected chi connectivity index (χ3v) is 3.02. The van der Waals surface area contributed by atoms with Crippen LogP contribution in [0.2, 0.25) is 0 Å². The van der Waals surface area contributed by atoms with Crippen LogP contribution >= 0.6 is 0 Å². The maximum absolute atomic E-state index is 9.63. The molecule has 66 valence electrons. The molecular weight excluding hydrogens is 152 g/mol. The Balaban J connectivity index is 1.93. The summed E-state index contributed by atoms with van der Waals surface area (Å²) in [6.45, 7) is 0.667. The summed E-state index contributed by atoms with van der Waals surface area (Å²) in [6.07, 6.45) is 3.74. The summed E-state index contributed by atoms with van der Waals surface area (Å²) >= 11 is 0. The average Bonchev–Trinajstić information content (AvgIpc) is 2.86. The number of aliphatic hydroxyl groups is 1. The predicted octanol–water partition coefficient (Wildman–Crippen LogP) is 0.499. The van der Waals surface area contributed by atoms with E-state index in [0.29, 0.717) is 6.54 Å². The first-order valence-electron chi connectivity index (χ1n) is 4.45. The van der Waals surface area contributed by atoms with E-state index in [1.807, 2.05) is 11.9 Å². The molecule has 0 unspecified atom stereocenters. The first-order chi connectivity index (χ1) is 5.60. The lowest BCUT2D eigenvalue weighted by Gasteiger charge is -2.24. The van der Waals surface area contributed by atoms with Gasteiger partial charge < -0.3 is 5.11 Å². The van der Waals surface area contributed by atoms with Crippen LogP contribution in [0.3, 0.4) is 0 Å². The van der Waals surface area contributed by atoms with Gasteiger partial charge in [-0.3, -0.25) is 4.90 Å². The second kappa shape index (κ2) is 2.21. The molecule has 0 amide bonds. The van der Waals surface area contributed by atoms with Crippen LogP contribution in [0.1, 0.15) is 25.7 Å². The molecule has 2 fully saturated rings. The highest BCUT2D eigenvalue weighted by atomic mass is 16.3. The Labute approximate surface area is 72.6 Å². The molecular formula is C9H14N2O. The van der Waals surface area contributed by atoms with Crippen LogP contribution in [-0.2, 0) is 0 Å². The summed E-state index contributed by atoms with van der Waals surface area (Å²) in [5.41, 5.74) is -0.681. The molecule has 0 bridgehead atoms. The fourth-order valence-corrected chi connectivity index (χ4v) is 1.59. The maximum Gasteiger partial charge on any atom is 0.109 e. The summed E-state index contributed by atoms with van der Waals surface area (Å²) in [7, 11) is 1.94. The van der Waals surface area contributed by atoms with Gasteiger partial charge in [-0.05, 0) is 32.7 Å². The van der Waals surface area contributed by atoms with Crippen LogP contribution < -0.4 is 0 Å². The zero-order chi connectivity index (χ0) is 8.82. The van der Waals surface area contributed by atoms with Crippen LogP contribution in [0.15, 0.2) is 0 Å². The Morgan fingerprint density at radius 3 is 2.33 bits per heavy atom. The zero-order valence-electron chi connectivity index (χ0n) is 7.38. The molecule has 0 radical (unpaired) electrons. The van der Waals surface area contributed by atoms with Crippen molar-refractivity contribution in [3.8, 4) is 6.07 Å². The Morgan fingerprint density at radius 2 is 2.00 bits per heavy atom. The van der Waals surface area contributed by atoms with E-state index >= 15 is 0 Å². The first-order valence-corrected chi connectivity index (χ1v) is 4.45. The minimum atomic E-state index is -0.457. The average molecular weight is 166 g/mol. The smallest absolute Gasteiger partial charge is 0.109 e. The van der Waals surface area contributed by atoms with Crippen LogP contribution in [0.25, 0.3) is 0 Å². The van der Waals surface area contributed by atoms with E-state index in [4.69, 9.17) is 5.26 Å². The van der Waals surface area contributed by atoms with Crippen LogP contribution in [0, 0.1) is 11.3 Å². The summed E-state index contributed by atoms with van der Waals surface area (Å²) in [6, 6.07) is 2.32. The number of hydrogen-bond acceptors (Lipinski definition) is 3. The van der Waals surface area contributed by atoms with Crippen molar-refractivity contribution in [3.05, 3.63) is 0 Å². The van der Waals surface area contributed by atoms with Gasteiger partial charge in [0.15, 0.2) is 0 Å². The van der Waals surface area contributed by atoms with Gasteiger partial charge in [0.1, 0.15) is 5.54 Å². The van der Waals surface area contributed by atoms with Crippen molar-refractivity contribution in [2.24, 2.45) is 0 Å². The lowest BCUT2D eigenvalue weighted by atomic mass is 10.2. The quantitative estimate of drug-likeness (QED) is 0.664. The van der Waals surface area contributed by atoms with Crippen molar-refractivity contribution in [1.82, 2.24) is 4.90 Å². The molecule has 0 aromatic rings. The van der Waals surface area contributed by atoms with Gasteiger partial charge in [-0.25, -0.2) is 0 Å². The molecule has 3 nitrogen and oxygen atoms in total. The molecule has 0 aromatic heterocycles. The van der Waals surface area contributed by atoms with Crippen molar-refractivity contribution in [3.63, 3.8) is 0 Å². The van der Waals surface area contributed by atoms with E-state index in [0.717, 1.165) is 25.7 Å². The normalized spacial score (nSPS) is 28.2. The summed E-state index contributed by atoms with van der Waals surface area (Å²) in [5, 5.41) is 18.5. The van der Waals surface area contributed by atoms with Crippen molar-refractivity contribution < 1.29 is 5.11 Å². The Morgan fingerprint density at radius 1 is 1.42 bits per heavy atom. The molecule has 12 heavy (non-hydrogen) atoms. The molecule has 0 atom stereocenters. The SMILES string of the molecule is CN(CC1(O)CC1)C1(C#N)CC1. The highest BCUT2D eigenvalue weighted by Gasteiger charge is 2.51. The van der Waals surface area contributed by atoms with E-state index < -0.39 is 5.60 Å². The summed E-state index contributed by atoms with van der Waals surface area (Å²) in [4.78, 5) is 2.01. The molecule has 0 spiro atoms. The van der Waals surface area contributed by atoms with Gasteiger partial charge in [-0.2, -0.15) is 5.26 Å². The van der Waals surface area contributed by atoms with Gasteiger partial charge in [0.25, 0.3) is 0 Å². The Bertz CT molecular complexity index is 235. The molecule has 2 aliphatic carbocycles. The topological polar surface area (TPSA) is 47.3 Å². The van der Waals surface area contributed by atoms with Gasteiger partial charge in [-0.15, -0.1) is 0 Å². The third kappa shape index (κ3) is 1.21. The van der Waals surface area contributed by atoms with E-state index in [9.17, 15) is 5.11 Å². The zero-order valence-corrected chi connectivity index (χ0v) is 7.38. The number of β-amino-alcohol motifs (C(OH)–C–C–N with tert-alkyl or cyclic N) is 1. The largest absolute Gasteiger partial charge is 0.389 e. The van der Waals surface area contributed by atoms with E-state index in [1.54, 1.807) is 0 Å². The van der Waals surface area contributed by atoms with E-state index in [2.05, 4.69) is 6.07 Å². The van der Waals surface area contributed by atoms with Crippen molar-refractivity contribution in [1.29, 1.82) is 5.26 Å². The predicted molar refractivity (Wildman–Crippen MR) is 44.4 cm³/mol. The highest BCUT2D eigenvalue weighted by molar-refractivity contribution is 5.19. The van der Waals surface area contributed by atoms with Gasteiger partial charge >= 0.3 is 0 Å². The number of nitrogens with zero attached hydrogens (tertiary/aromatic N) is 2. The van der Waals surface area contributed by atoms with Crippen molar-refractivity contribution >= 4 is 0 Å². The first kappa shape index (κ1) is 8.03. The highest BCUT2D eigenvalue weighted by Crippen LogP contribution is 2.44. The number of hydrogen-bond donors (Lipinski definition) is 1. The minimum absolute atomic E-state index is 0.224. The van der Waals surface area contributed by atoms with E-state index in [-0.39, 0.29) is 5.54 Å². The van der Waals surface area contributed by atoms with E-state index in [1.165, 1.54) is 0 Å². The number of likely N-dealkylation sites (N-methyl/N-ethyl adjacent to an activating group) is 1. The fourth-order valence-electron chi connectivity index (χ4n) is 1.59. The molecule has 0 aromatic carbocycles. The molecule has 0 aliphatic heterocycles. The maximum atomic E-state index is 9.63. The molecule has 3 heteroatoms. The van der Waals surface area contributed by atoms with Gasteiger partial charge in [0, 0.05) is 6.54 Å². The molecule has 0 saturated heterocycles. The van der Waals surface area contributed by atoms with Crippen molar-refractivity contribution in [2.75, 3.05) is 13.6 Å². The third-order valence-electron chi connectivity index (χ3n) is 3.02. The number of rotatable bonds is 3. The summed E-state index contributed by atoms with van der Waals surface area (Å²) in [5.74, 6) is 0. The lowest BCUT2D eigenvalue weighted by molar-refractivity contribution is 0.0895. The second-order valence-corrected chi connectivity index (χ2v) is 4.22. The minimum Gasteiger partial charge on any atom is -0.389 e. The van der Waals surface area contributed by atoms with Crippen molar-refractivity contribution in [2.45, 2.75) is 36.8 Å².